The fourth-order valence-electron chi connectivity index (χ4n) is 2.76. The van der Waals surface area contributed by atoms with Gasteiger partial charge in [-0.1, -0.05) is 36.4 Å². The Balaban J connectivity index is 1.49. The van der Waals surface area contributed by atoms with E-state index in [9.17, 15) is 4.79 Å². The van der Waals surface area contributed by atoms with Crippen LogP contribution in [-0.4, -0.2) is 43.5 Å². The minimum Gasteiger partial charge on any atom is -0.329 e. The summed E-state index contributed by atoms with van der Waals surface area (Å²) in [5.74, 6) is 0.144. The molecule has 0 spiro atoms. The van der Waals surface area contributed by atoms with Crippen molar-refractivity contribution in [2.45, 2.75) is 0 Å². The van der Waals surface area contributed by atoms with Crippen molar-refractivity contribution in [3.63, 3.8) is 0 Å². The number of thiophene rings is 1. The number of piperazine rings is 1. The number of nitrogens with zero attached hydrogens (tertiary/aromatic N) is 1. The second kappa shape index (κ2) is 8.43. The van der Waals surface area contributed by atoms with Gasteiger partial charge in [0.15, 0.2) is 0 Å². The predicted molar refractivity (Wildman–Crippen MR) is 107 cm³/mol. The molecule has 1 aliphatic rings. The Morgan fingerprint density at radius 3 is 2.54 bits per heavy atom. The summed E-state index contributed by atoms with van der Waals surface area (Å²) in [6.45, 7) is 4.64. The van der Waals surface area contributed by atoms with E-state index in [2.05, 4.69) is 68.3 Å². The molecule has 0 aliphatic carbocycles. The van der Waals surface area contributed by atoms with Crippen molar-refractivity contribution in [1.82, 2.24) is 4.90 Å². The molecule has 2 aromatic rings. The average Bonchev–Trinajstić information content (AvgIpc) is 2.95. The average molecular weight is 471 g/mol. The third kappa shape index (κ3) is 4.57. The van der Waals surface area contributed by atoms with E-state index in [1.54, 1.807) is 0 Å². The Morgan fingerprint density at radius 2 is 1.92 bits per heavy atom. The van der Waals surface area contributed by atoms with Crippen LogP contribution in [0.1, 0.15) is 15.2 Å². The fraction of sp³-hybridized carbons (Fsp3) is 0.278. The normalized spacial score (nSPS) is 16.0. The van der Waals surface area contributed by atoms with Gasteiger partial charge in [-0.05, 0) is 49.6 Å². The number of amides is 1. The molecule has 0 saturated carbocycles. The zero-order valence-electron chi connectivity index (χ0n) is 13.2. The summed E-state index contributed by atoms with van der Waals surface area (Å²) in [4.78, 5) is 16.8. The fourth-order valence-corrected chi connectivity index (χ4v) is 4.77. The Morgan fingerprint density at radius 1 is 1.21 bits per heavy atom. The smallest absolute Gasteiger partial charge is 0.264 e. The summed E-state index contributed by atoms with van der Waals surface area (Å²) >= 11 is 8.39. The van der Waals surface area contributed by atoms with E-state index in [4.69, 9.17) is 0 Å². The third-order valence-corrected chi connectivity index (χ3v) is 7.37. The second-order valence-electron chi connectivity index (χ2n) is 5.79. The zero-order chi connectivity index (χ0) is 16.9. The Hall–Kier alpha value is -0.950. The van der Waals surface area contributed by atoms with Gasteiger partial charge in [0.1, 0.15) is 0 Å². The summed E-state index contributed by atoms with van der Waals surface area (Å²) < 4.78 is 1.92. The quantitative estimate of drug-likeness (QED) is 0.728. The third-order valence-electron chi connectivity index (χ3n) is 4.13. The highest BCUT2D eigenvalue weighted by molar-refractivity contribution is 9.13. The Kier molecular flexibility index (Phi) is 6.27. The molecule has 3 rings (SSSR count). The van der Waals surface area contributed by atoms with Crippen molar-refractivity contribution in [1.29, 1.82) is 0 Å². The molecule has 0 unspecified atom stereocenters. The van der Waals surface area contributed by atoms with Gasteiger partial charge in [-0.3, -0.25) is 4.79 Å². The number of quaternary nitrogens is 1. The van der Waals surface area contributed by atoms with E-state index in [-0.39, 0.29) is 5.91 Å². The number of hydrogen-bond acceptors (Lipinski definition) is 2. The molecule has 3 nitrogen and oxygen atoms in total. The van der Waals surface area contributed by atoms with Crippen LogP contribution in [0.4, 0.5) is 0 Å². The van der Waals surface area contributed by atoms with Crippen LogP contribution in [0.2, 0.25) is 0 Å². The van der Waals surface area contributed by atoms with E-state index in [0.717, 1.165) is 45.9 Å². The second-order valence-corrected chi connectivity index (χ2v) is 9.02. The highest BCUT2D eigenvalue weighted by atomic mass is 79.9. The van der Waals surface area contributed by atoms with Gasteiger partial charge in [-0.15, -0.1) is 11.3 Å². The maximum absolute atomic E-state index is 12.5. The van der Waals surface area contributed by atoms with Crippen molar-refractivity contribution >= 4 is 55.2 Å². The van der Waals surface area contributed by atoms with Gasteiger partial charge in [0.05, 0.1) is 41.4 Å². The highest BCUT2D eigenvalue weighted by Crippen LogP contribution is 2.32. The molecule has 1 amide bonds. The van der Waals surface area contributed by atoms with Crippen LogP contribution in [-0.2, 0) is 0 Å². The lowest BCUT2D eigenvalue weighted by Gasteiger charge is -2.31. The standard InChI is InChI=1S/C18H18Br2N2OS/c19-15-13-16(24-17(15)20)18(23)22-11-9-21(10-12-22)8-4-7-14-5-2-1-3-6-14/h1-7,13H,8-12H2/p+1/b7-4+. The summed E-state index contributed by atoms with van der Waals surface area (Å²) in [6.07, 6.45) is 4.40. The van der Waals surface area contributed by atoms with Crippen LogP contribution in [0.15, 0.2) is 50.7 Å². The van der Waals surface area contributed by atoms with Crippen molar-refractivity contribution in [3.8, 4) is 0 Å². The first-order valence-electron chi connectivity index (χ1n) is 7.93. The molecular formula is C18H19Br2N2OS+. The topological polar surface area (TPSA) is 24.8 Å². The Labute approximate surface area is 163 Å². The molecule has 1 saturated heterocycles. The van der Waals surface area contributed by atoms with Crippen LogP contribution in [0.3, 0.4) is 0 Å². The van der Waals surface area contributed by atoms with Crippen molar-refractivity contribution in [2.24, 2.45) is 0 Å². The van der Waals surface area contributed by atoms with Gasteiger partial charge in [0.2, 0.25) is 0 Å². The van der Waals surface area contributed by atoms with Gasteiger partial charge in [-0.25, -0.2) is 0 Å². The van der Waals surface area contributed by atoms with E-state index >= 15 is 0 Å². The molecule has 6 heteroatoms. The predicted octanol–water partition coefficient (Wildman–Crippen LogP) is 3.33. The van der Waals surface area contributed by atoms with Crippen LogP contribution in [0.25, 0.3) is 6.08 Å². The monoisotopic (exact) mass is 469 g/mol. The summed E-state index contributed by atoms with van der Waals surface area (Å²) in [5, 5.41) is 0. The van der Waals surface area contributed by atoms with Gasteiger partial charge in [0, 0.05) is 4.47 Å². The number of carbonyl (C=O) groups is 1. The lowest BCUT2D eigenvalue weighted by atomic mass is 10.2. The number of carbonyl (C=O) groups excluding carboxylic acids is 1. The molecule has 1 aromatic heterocycles. The number of halogens is 2. The van der Waals surface area contributed by atoms with E-state index in [1.165, 1.54) is 21.8 Å². The molecule has 1 fully saturated rings. The molecule has 0 bridgehead atoms. The van der Waals surface area contributed by atoms with Gasteiger partial charge in [0.25, 0.3) is 5.91 Å². The molecule has 0 atom stereocenters. The highest BCUT2D eigenvalue weighted by Gasteiger charge is 2.25. The van der Waals surface area contributed by atoms with Gasteiger partial charge in [-0.2, -0.15) is 0 Å². The Bertz CT molecular complexity index is 702. The van der Waals surface area contributed by atoms with Crippen LogP contribution >= 0.6 is 43.2 Å². The van der Waals surface area contributed by atoms with Crippen molar-refractivity contribution in [3.05, 3.63) is 61.2 Å². The molecule has 1 aromatic carbocycles. The van der Waals surface area contributed by atoms with Crippen LogP contribution in [0.5, 0.6) is 0 Å². The lowest BCUT2D eigenvalue weighted by Crippen LogP contribution is -3.14. The van der Waals surface area contributed by atoms with Crippen LogP contribution < -0.4 is 4.90 Å². The summed E-state index contributed by atoms with van der Waals surface area (Å²) in [6, 6.07) is 12.3. The number of benzene rings is 1. The SMILES string of the molecule is O=C(c1cc(Br)c(Br)s1)N1CC[NH+](C/C=C/c2ccccc2)CC1. The first-order valence-corrected chi connectivity index (χ1v) is 10.3. The van der Waals surface area contributed by atoms with Crippen molar-refractivity contribution < 1.29 is 9.69 Å². The van der Waals surface area contributed by atoms with E-state index in [0.29, 0.717) is 0 Å². The lowest BCUT2D eigenvalue weighted by molar-refractivity contribution is -0.898. The molecular weight excluding hydrogens is 452 g/mol. The van der Waals surface area contributed by atoms with Crippen molar-refractivity contribution in [2.75, 3.05) is 32.7 Å². The first kappa shape index (κ1) is 17.9. The zero-order valence-corrected chi connectivity index (χ0v) is 17.2. The largest absolute Gasteiger partial charge is 0.329 e. The number of hydrogen-bond donors (Lipinski definition) is 1. The minimum atomic E-state index is 0.144. The molecule has 1 aliphatic heterocycles. The molecule has 24 heavy (non-hydrogen) atoms. The van der Waals surface area contributed by atoms with E-state index < -0.39 is 0 Å². The molecule has 0 radical (unpaired) electrons. The first-order chi connectivity index (χ1) is 11.6. The molecule has 126 valence electrons. The van der Waals surface area contributed by atoms with Crippen LogP contribution in [0, 0.1) is 0 Å². The summed E-state index contributed by atoms with van der Waals surface area (Å²) in [5.41, 5.74) is 1.24. The van der Waals surface area contributed by atoms with Gasteiger partial charge < -0.3 is 9.80 Å². The van der Waals surface area contributed by atoms with E-state index in [1.807, 2.05) is 17.0 Å². The molecule has 1 N–H and O–H groups in total. The maximum Gasteiger partial charge on any atom is 0.264 e. The van der Waals surface area contributed by atoms with Gasteiger partial charge >= 0.3 is 0 Å². The maximum atomic E-state index is 12.5. The molecule has 2 heterocycles. The number of rotatable bonds is 4. The minimum absolute atomic E-state index is 0.144. The number of nitrogens with one attached hydrogen (secondary N) is 1. The summed E-state index contributed by atoms with van der Waals surface area (Å²) in [7, 11) is 0.